The van der Waals surface area contributed by atoms with Gasteiger partial charge in [-0.15, -0.1) is 0 Å². The Balaban J connectivity index is 1.50. The summed E-state index contributed by atoms with van der Waals surface area (Å²) in [6, 6.07) is 13.9. The summed E-state index contributed by atoms with van der Waals surface area (Å²) in [5, 5.41) is 6.96. The number of carbonyl (C=O) groups excluding carboxylic acids is 1. The summed E-state index contributed by atoms with van der Waals surface area (Å²) in [5.74, 6) is 1.04. The maximum atomic E-state index is 11.9. The minimum Gasteiger partial charge on any atom is -0.491 e. The van der Waals surface area contributed by atoms with E-state index in [1.807, 2.05) is 48.2 Å². The molecule has 1 aliphatic rings. The zero-order valence-corrected chi connectivity index (χ0v) is 17.4. The summed E-state index contributed by atoms with van der Waals surface area (Å²) in [4.78, 5) is 13.8. The van der Waals surface area contributed by atoms with Gasteiger partial charge < -0.3 is 20.3 Å². The SMILES string of the molecule is Cc1ccc(OCC(C)NC(=S)Nc2cccc(N3CCCC3=O)c2)cc1C. The van der Waals surface area contributed by atoms with Crippen molar-refractivity contribution >= 4 is 34.6 Å². The lowest BCUT2D eigenvalue weighted by atomic mass is 10.1. The number of nitrogens with zero attached hydrogens (tertiary/aromatic N) is 1. The van der Waals surface area contributed by atoms with Gasteiger partial charge in [-0.25, -0.2) is 0 Å². The average molecular weight is 398 g/mol. The second-order valence-corrected chi connectivity index (χ2v) is 7.66. The second-order valence-electron chi connectivity index (χ2n) is 7.26. The van der Waals surface area contributed by atoms with Crippen LogP contribution in [0.25, 0.3) is 0 Å². The first kappa shape index (κ1) is 20.1. The van der Waals surface area contributed by atoms with Crippen molar-refractivity contribution in [1.82, 2.24) is 5.32 Å². The third kappa shape index (κ3) is 5.23. The Morgan fingerprint density at radius 2 is 2.04 bits per heavy atom. The van der Waals surface area contributed by atoms with Crippen molar-refractivity contribution in [1.29, 1.82) is 0 Å². The first-order chi connectivity index (χ1) is 13.4. The number of amides is 1. The highest BCUT2D eigenvalue weighted by molar-refractivity contribution is 7.80. The summed E-state index contributed by atoms with van der Waals surface area (Å²) in [6.07, 6.45) is 1.53. The fourth-order valence-corrected chi connectivity index (χ4v) is 3.45. The fraction of sp³-hybridized carbons (Fsp3) is 0.364. The molecule has 0 aromatic heterocycles. The van der Waals surface area contributed by atoms with Crippen LogP contribution in [0.5, 0.6) is 5.75 Å². The number of benzene rings is 2. The van der Waals surface area contributed by atoms with E-state index >= 15 is 0 Å². The lowest BCUT2D eigenvalue weighted by Crippen LogP contribution is -2.39. The van der Waals surface area contributed by atoms with Crippen LogP contribution in [-0.2, 0) is 4.79 Å². The minimum atomic E-state index is 0.0463. The number of thiocarbonyl (C=S) groups is 1. The Morgan fingerprint density at radius 1 is 1.21 bits per heavy atom. The molecule has 28 heavy (non-hydrogen) atoms. The van der Waals surface area contributed by atoms with Gasteiger partial charge in [0, 0.05) is 24.3 Å². The molecule has 1 heterocycles. The highest BCUT2D eigenvalue weighted by atomic mass is 32.1. The van der Waals surface area contributed by atoms with E-state index in [1.54, 1.807) is 0 Å². The van der Waals surface area contributed by atoms with Crippen LogP contribution in [0, 0.1) is 13.8 Å². The first-order valence-corrected chi connectivity index (χ1v) is 10.0. The molecule has 1 unspecified atom stereocenters. The molecule has 6 heteroatoms. The summed E-state index contributed by atoms with van der Waals surface area (Å²) in [5.41, 5.74) is 4.23. The summed E-state index contributed by atoms with van der Waals surface area (Å²) in [6.45, 7) is 7.47. The Kier molecular flexibility index (Phi) is 6.52. The zero-order chi connectivity index (χ0) is 20.1. The van der Waals surface area contributed by atoms with Gasteiger partial charge in [-0.1, -0.05) is 12.1 Å². The lowest BCUT2D eigenvalue weighted by Gasteiger charge is -2.19. The summed E-state index contributed by atoms with van der Waals surface area (Å²) in [7, 11) is 0. The minimum absolute atomic E-state index is 0.0463. The predicted molar refractivity (Wildman–Crippen MR) is 118 cm³/mol. The van der Waals surface area contributed by atoms with Crippen LogP contribution in [0.3, 0.4) is 0 Å². The van der Waals surface area contributed by atoms with E-state index in [9.17, 15) is 4.79 Å². The van der Waals surface area contributed by atoms with E-state index in [2.05, 4.69) is 30.5 Å². The molecule has 148 valence electrons. The van der Waals surface area contributed by atoms with Gasteiger partial charge in [0.15, 0.2) is 5.11 Å². The molecule has 1 saturated heterocycles. The zero-order valence-electron chi connectivity index (χ0n) is 16.6. The topological polar surface area (TPSA) is 53.6 Å². The van der Waals surface area contributed by atoms with Gasteiger partial charge in [0.1, 0.15) is 12.4 Å². The molecule has 5 nitrogen and oxygen atoms in total. The van der Waals surface area contributed by atoms with Crippen molar-refractivity contribution in [3.8, 4) is 5.75 Å². The van der Waals surface area contributed by atoms with E-state index < -0.39 is 0 Å². The van der Waals surface area contributed by atoms with Crippen LogP contribution in [0.1, 0.15) is 30.9 Å². The molecule has 0 spiro atoms. The smallest absolute Gasteiger partial charge is 0.227 e. The van der Waals surface area contributed by atoms with Crippen molar-refractivity contribution in [3.63, 3.8) is 0 Å². The van der Waals surface area contributed by atoms with Gasteiger partial charge in [0.25, 0.3) is 0 Å². The second kappa shape index (κ2) is 9.06. The molecule has 2 aromatic rings. The molecule has 2 N–H and O–H groups in total. The highest BCUT2D eigenvalue weighted by Gasteiger charge is 2.21. The van der Waals surface area contributed by atoms with Gasteiger partial charge in [-0.05, 0) is 80.9 Å². The van der Waals surface area contributed by atoms with Crippen molar-refractivity contribution in [2.24, 2.45) is 0 Å². The Morgan fingerprint density at radius 3 is 2.75 bits per heavy atom. The molecule has 0 aliphatic carbocycles. The Labute approximate surface area is 172 Å². The quantitative estimate of drug-likeness (QED) is 0.716. The maximum absolute atomic E-state index is 11.9. The number of anilines is 2. The highest BCUT2D eigenvalue weighted by Crippen LogP contribution is 2.24. The van der Waals surface area contributed by atoms with Crippen molar-refractivity contribution in [3.05, 3.63) is 53.6 Å². The maximum Gasteiger partial charge on any atom is 0.227 e. The first-order valence-electron chi connectivity index (χ1n) is 9.60. The van der Waals surface area contributed by atoms with Crippen LogP contribution in [0.2, 0.25) is 0 Å². The van der Waals surface area contributed by atoms with Crippen LogP contribution in [-0.4, -0.2) is 30.2 Å². The van der Waals surface area contributed by atoms with Crippen LogP contribution >= 0.6 is 12.2 Å². The van der Waals surface area contributed by atoms with E-state index in [0.717, 1.165) is 30.1 Å². The molecule has 0 bridgehead atoms. The predicted octanol–water partition coefficient (Wildman–Crippen LogP) is 4.18. The molecule has 3 rings (SSSR count). The van der Waals surface area contributed by atoms with Gasteiger partial charge in [0.05, 0.1) is 6.04 Å². The van der Waals surface area contributed by atoms with Crippen molar-refractivity contribution < 1.29 is 9.53 Å². The number of hydrogen-bond acceptors (Lipinski definition) is 3. The molecule has 2 aromatic carbocycles. The number of hydrogen-bond donors (Lipinski definition) is 2. The van der Waals surface area contributed by atoms with E-state index in [0.29, 0.717) is 18.1 Å². The summed E-state index contributed by atoms with van der Waals surface area (Å²) >= 11 is 5.42. The number of nitrogens with one attached hydrogen (secondary N) is 2. The molecular weight excluding hydrogens is 370 g/mol. The molecular formula is C22H27N3O2S. The third-order valence-electron chi connectivity index (χ3n) is 4.84. The molecule has 1 atom stereocenters. The Bertz CT molecular complexity index is 869. The summed E-state index contributed by atoms with van der Waals surface area (Å²) < 4.78 is 5.86. The van der Waals surface area contributed by atoms with Crippen LogP contribution < -0.4 is 20.3 Å². The number of carbonyl (C=O) groups is 1. The van der Waals surface area contributed by atoms with Crippen LogP contribution in [0.4, 0.5) is 11.4 Å². The number of aryl methyl sites for hydroxylation is 2. The van der Waals surface area contributed by atoms with Crippen LogP contribution in [0.15, 0.2) is 42.5 Å². The number of rotatable bonds is 6. The third-order valence-corrected chi connectivity index (χ3v) is 5.06. The molecule has 1 aliphatic heterocycles. The molecule has 0 radical (unpaired) electrons. The van der Waals surface area contributed by atoms with Gasteiger partial charge in [-0.2, -0.15) is 0 Å². The average Bonchev–Trinajstić information content (AvgIpc) is 3.09. The largest absolute Gasteiger partial charge is 0.491 e. The normalized spacial score (nSPS) is 14.7. The fourth-order valence-electron chi connectivity index (χ4n) is 3.13. The van der Waals surface area contributed by atoms with E-state index in [-0.39, 0.29) is 11.9 Å². The Hall–Kier alpha value is -2.60. The molecule has 0 saturated carbocycles. The van der Waals surface area contributed by atoms with Gasteiger partial charge in [0.2, 0.25) is 5.91 Å². The van der Waals surface area contributed by atoms with Gasteiger partial charge in [-0.3, -0.25) is 4.79 Å². The molecule has 1 fully saturated rings. The van der Waals surface area contributed by atoms with Crippen molar-refractivity contribution in [2.75, 3.05) is 23.4 Å². The lowest BCUT2D eigenvalue weighted by molar-refractivity contribution is -0.117. The van der Waals surface area contributed by atoms with Gasteiger partial charge >= 0.3 is 0 Å². The number of ether oxygens (including phenoxy) is 1. The van der Waals surface area contributed by atoms with Crippen molar-refractivity contribution in [2.45, 2.75) is 39.7 Å². The standard InChI is InChI=1S/C22H27N3O2S/c1-15-9-10-20(12-16(15)2)27-14-17(3)23-22(28)24-18-6-4-7-19(13-18)25-11-5-8-21(25)26/h4,6-7,9-10,12-13,17H,5,8,11,14H2,1-3H3,(H2,23,24,28). The van der Waals surface area contributed by atoms with E-state index in [4.69, 9.17) is 17.0 Å². The van der Waals surface area contributed by atoms with E-state index in [1.165, 1.54) is 11.1 Å². The monoisotopic (exact) mass is 397 g/mol. The molecule has 1 amide bonds.